The number of aromatic nitrogens is 2. The number of fused-ring (bicyclic) bond motifs is 4. The van der Waals surface area contributed by atoms with Gasteiger partial charge in [0.25, 0.3) is 0 Å². The maximum absolute atomic E-state index is 2.44. The van der Waals surface area contributed by atoms with Gasteiger partial charge in [0.05, 0.1) is 45.0 Å². The van der Waals surface area contributed by atoms with E-state index < -0.39 is 0 Å². The van der Waals surface area contributed by atoms with Crippen LogP contribution in [0.25, 0.3) is 34.0 Å². The number of nitrogens with zero attached hydrogens (tertiary/aromatic N) is 6. The predicted molar refractivity (Wildman–Crippen MR) is 243 cm³/mol. The molecule has 8 rings (SSSR count). The zero-order valence-corrected chi connectivity index (χ0v) is 35.8. The number of hydrogen-bond acceptors (Lipinski definition) is 4. The molecule has 0 amide bonds. The Morgan fingerprint density at radius 1 is 0.526 bits per heavy atom. The van der Waals surface area contributed by atoms with Crippen LogP contribution in [0.15, 0.2) is 141 Å². The topological polar surface area (TPSA) is 20.3 Å². The number of rotatable bonds is 12. The van der Waals surface area contributed by atoms with Crippen molar-refractivity contribution in [2.75, 3.05) is 52.1 Å². The Kier molecular flexibility index (Phi) is 11.6. The standard InChI is InChI=1S/C49H54N6S2/c1-50(2)38(28-32-54-30-26-36(40-18-7-9-20-42(40)54)34-48-52(5)44-22-11-13-24-46(44)56-48)16-15-17-39(51(3)4)29-33-55-31-27-37(41-19-8-10-21-43(41)55)35-49-53(6)45-23-12-14-25-47(45)57-49/h7-14,18-27,30-31,34-35H,15-17,28-29,32-33H2,1-6H3/q+4. The number of thioether (sulfide) groups is 2. The lowest BCUT2D eigenvalue weighted by Crippen LogP contribution is -2.36. The van der Waals surface area contributed by atoms with Crippen LogP contribution in [0.5, 0.6) is 0 Å². The Labute approximate surface area is 346 Å². The van der Waals surface area contributed by atoms with Crippen molar-refractivity contribution >= 4 is 80.3 Å². The van der Waals surface area contributed by atoms with E-state index >= 15 is 0 Å². The Balaban J connectivity index is 0.907. The highest BCUT2D eigenvalue weighted by molar-refractivity contribution is 8.04. The first-order valence-corrected chi connectivity index (χ1v) is 21.7. The molecule has 0 atom stereocenters. The lowest BCUT2D eigenvalue weighted by atomic mass is 10.0. The molecule has 288 valence electrons. The Morgan fingerprint density at radius 2 is 0.930 bits per heavy atom. The van der Waals surface area contributed by atoms with Crippen LogP contribution in [0, 0.1) is 0 Å². The Morgan fingerprint density at radius 3 is 1.35 bits per heavy atom. The summed E-state index contributed by atoms with van der Waals surface area (Å²) < 4.78 is 9.57. The zero-order chi connectivity index (χ0) is 39.5. The van der Waals surface area contributed by atoms with Crippen molar-refractivity contribution < 1.29 is 18.3 Å². The molecule has 4 heterocycles. The number of anilines is 2. The van der Waals surface area contributed by atoms with Gasteiger partial charge >= 0.3 is 0 Å². The summed E-state index contributed by atoms with van der Waals surface area (Å²) >= 11 is 3.70. The van der Waals surface area contributed by atoms with Gasteiger partial charge < -0.3 is 9.80 Å². The van der Waals surface area contributed by atoms with Gasteiger partial charge in [0.1, 0.15) is 28.2 Å². The third kappa shape index (κ3) is 8.30. The van der Waals surface area contributed by atoms with Crippen molar-refractivity contribution in [3.05, 3.63) is 143 Å². The minimum atomic E-state index is 0.952. The van der Waals surface area contributed by atoms with Crippen LogP contribution >= 0.6 is 23.5 Å². The van der Waals surface area contributed by atoms with Crippen molar-refractivity contribution in [1.82, 2.24) is 0 Å². The van der Waals surface area contributed by atoms with Crippen LogP contribution in [0.1, 0.15) is 43.2 Å². The maximum Gasteiger partial charge on any atom is 0.213 e. The fourth-order valence-corrected chi connectivity index (χ4v) is 10.4. The molecule has 0 saturated carbocycles. The summed E-state index contributed by atoms with van der Waals surface area (Å²) in [7, 11) is 13.2. The molecule has 57 heavy (non-hydrogen) atoms. The quantitative estimate of drug-likeness (QED) is 0.0909. The van der Waals surface area contributed by atoms with E-state index in [9.17, 15) is 0 Å². The highest BCUT2D eigenvalue weighted by Crippen LogP contribution is 2.46. The third-order valence-corrected chi connectivity index (χ3v) is 13.8. The minimum Gasteiger partial charge on any atom is -0.338 e. The normalized spacial score (nSPS) is 14.8. The van der Waals surface area contributed by atoms with Gasteiger partial charge in [-0.05, 0) is 66.1 Å². The molecule has 6 aromatic rings. The van der Waals surface area contributed by atoms with E-state index in [1.54, 1.807) is 0 Å². The van der Waals surface area contributed by atoms with Crippen LogP contribution in [0.2, 0.25) is 0 Å². The van der Waals surface area contributed by atoms with Gasteiger partial charge in [0, 0.05) is 61.0 Å². The molecule has 0 N–H and O–H groups in total. The molecule has 0 aliphatic carbocycles. The molecule has 0 bridgehead atoms. The first-order valence-electron chi connectivity index (χ1n) is 20.1. The molecule has 8 heteroatoms. The number of aryl methyl sites for hydroxylation is 2. The van der Waals surface area contributed by atoms with E-state index in [1.165, 1.54) is 75.6 Å². The zero-order valence-electron chi connectivity index (χ0n) is 34.2. The van der Waals surface area contributed by atoms with E-state index in [-0.39, 0.29) is 0 Å². The summed E-state index contributed by atoms with van der Waals surface area (Å²) in [5.74, 6) is 0. The summed E-state index contributed by atoms with van der Waals surface area (Å²) in [6.45, 7) is 1.90. The molecular formula is C49H54N6S2+4. The van der Waals surface area contributed by atoms with Crippen molar-refractivity contribution in [2.45, 2.75) is 55.0 Å². The van der Waals surface area contributed by atoms with Crippen molar-refractivity contribution in [1.29, 1.82) is 0 Å². The van der Waals surface area contributed by atoms with Crippen LogP contribution in [-0.4, -0.2) is 62.9 Å². The maximum atomic E-state index is 2.44. The second-order valence-corrected chi connectivity index (χ2v) is 17.6. The van der Waals surface area contributed by atoms with Gasteiger partial charge in [0.15, 0.2) is 36.9 Å². The third-order valence-electron chi connectivity index (χ3n) is 11.5. The van der Waals surface area contributed by atoms with E-state index in [0.717, 1.165) is 45.2 Å². The lowest BCUT2D eigenvalue weighted by Gasteiger charge is -2.13. The predicted octanol–water partition coefficient (Wildman–Crippen LogP) is 9.73. The molecule has 0 saturated heterocycles. The van der Waals surface area contributed by atoms with Crippen molar-refractivity contribution in [3.8, 4) is 0 Å². The second kappa shape index (κ2) is 17.1. The smallest absolute Gasteiger partial charge is 0.213 e. The van der Waals surface area contributed by atoms with E-state index in [2.05, 4.69) is 204 Å². The van der Waals surface area contributed by atoms with Gasteiger partial charge in [-0.1, -0.05) is 72.1 Å². The largest absolute Gasteiger partial charge is 0.338 e. The SMILES string of the molecule is CN1C(=Cc2cc[n+](CCC(CCCC(CC[n+]3ccc(C=C4Sc5ccccc5N4C)c4ccccc43)=[N+](C)C)=[N+](C)C)c3ccccc23)Sc2ccccc21. The Bertz CT molecular complexity index is 2420. The molecule has 4 aromatic carbocycles. The van der Waals surface area contributed by atoms with Gasteiger partial charge in [-0.2, -0.15) is 9.13 Å². The van der Waals surface area contributed by atoms with Gasteiger partial charge in [-0.3, -0.25) is 0 Å². The van der Waals surface area contributed by atoms with Crippen molar-refractivity contribution in [3.63, 3.8) is 0 Å². The minimum absolute atomic E-state index is 0.952. The summed E-state index contributed by atoms with van der Waals surface area (Å²) in [6.07, 6.45) is 14.6. The fourth-order valence-electron chi connectivity index (χ4n) is 8.16. The molecule has 2 aliphatic rings. The lowest BCUT2D eigenvalue weighted by molar-refractivity contribution is -0.670. The second-order valence-electron chi connectivity index (χ2n) is 15.5. The van der Waals surface area contributed by atoms with Gasteiger partial charge in [-0.15, -0.1) is 0 Å². The van der Waals surface area contributed by atoms with E-state index in [1.807, 2.05) is 23.5 Å². The van der Waals surface area contributed by atoms with E-state index in [4.69, 9.17) is 0 Å². The van der Waals surface area contributed by atoms with Crippen LogP contribution in [0.4, 0.5) is 11.4 Å². The number of para-hydroxylation sites is 4. The molecule has 2 aromatic heterocycles. The average Bonchev–Trinajstić information content (AvgIpc) is 3.72. The fraction of sp³-hybridized carbons (Fsp3) is 0.265. The van der Waals surface area contributed by atoms with Crippen LogP contribution < -0.4 is 18.9 Å². The van der Waals surface area contributed by atoms with Crippen molar-refractivity contribution in [2.24, 2.45) is 0 Å². The molecule has 0 spiro atoms. The molecule has 0 radical (unpaired) electrons. The summed E-state index contributed by atoms with van der Waals surface area (Å²) in [5, 5.41) is 5.09. The molecule has 6 nitrogen and oxygen atoms in total. The Hall–Kier alpha value is -5.18. The first kappa shape index (κ1) is 38.7. The van der Waals surface area contributed by atoms with Gasteiger partial charge in [0.2, 0.25) is 11.0 Å². The van der Waals surface area contributed by atoms with Gasteiger partial charge in [-0.25, -0.2) is 9.15 Å². The monoisotopic (exact) mass is 790 g/mol. The molecule has 2 aliphatic heterocycles. The van der Waals surface area contributed by atoms with Crippen LogP contribution in [-0.2, 0) is 13.1 Å². The average molecular weight is 791 g/mol. The summed E-state index contributed by atoms with van der Waals surface area (Å²) in [5.41, 5.74) is 10.6. The molecule has 0 fully saturated rings. The summed E-state index contributed by atoms with van der Waals surface area (Å²) in [6, 6.07) is 39.6. The molecule has 0 unspecified atom stereocenters. The number of benzene rings is 4. The highest BCUT2D eigenvalue weighted by Gasteiger charge is 2.25. The first-order chi connectivity index (χ1) is 27.7. The van der Waals surface area contributed by atoms with E-state index in [0.29, 0.717) is 0 Å². The molecular weight excluding hydrogens is 737 g/mol. The number of hydrogen-bond donors (Lipinski definition) is 0. The highest BCUT2D eigenvalue weighted by atomic mass is 32.2. The van der Waals surface area contributed by atoms with Crippen LogP contribution in [0.3, 0.4) is 0 Å². The number of pyridine rings is 2. The summed E-state index contributed by atoms with van der Waals surface area (Å²) in [4.78, 5) is 7.24.